The first-order valence-electron chi connectivity index (χ1n) is 7.53. The van der Waals surface area contributed by atoms with Crippen molar-refractivity contribution in [1.29, 1.82) is 0 Å². The first-order chi connectivity index (χ1) is 10.2. The van der Waals surface area contributed by atoms with Crippen LogP contribution in [0.1, 0.15) is 38.3 Å². The quantitative estimate of drug-likeness (QED) is 0.938. The van der Waals surface area contributed by atoms with Crippen LogP contribution in [0.4, 0.5) is 0 Å². The summed E-state index contributed by atoms with van der Waals surface area (Å²) in [7, 11) is 0. The topological polar surface area (TPSA) is 60.2 Å². The minimum Gasteiger partial charge on any atom is -0.383 e. The molecule has 0 saturated carbocycles. The van der Waals surface area contributed by atoms with Crippen molar-refractivity contribution in [3.05, 3.63) is 42.2 Å². The Bertz CT molecular complexity index is 582. The van der Waals surface area contributed by atoms with Crippen LogP contribution in [0.25, 0.3) is 5.69 Å². The lowest BCUT2D eigenvalue weighted by Crippen LogP contribution is -2.40. The molecule has 1 saturated heterocycles. The number of aliphatic hydroxyl groups is 1. The van der Waals surface area contributed by atoms with E-state index in [1.54, 1.807) is 10.9 Å². The number of nitrogens with zero attached hydrogens (tertiary/aromatic N) is 3. The van der Waals surface area contributed by atoms with Gasteiger partial charge in [-0.05, 0) is 18.6 Å². The number of hydrogen-bond donors (Lipinski definition) is 1. The maximum Gasteiger partial charge on any atom is 0.113 e. The van der Waals surface area contributed by atoms with Crippen molar-refractivity contribution in [3.63, 3.8) is 0 Å². The van der Waals surface area contributed by atoms with Gasteiger partial charge in [-0.15, -0.1) is 5.10 Å². The molecule has 1 aliphatic heterocycles. The van der Waals surface area contributed by atoms with E-state index in [0.717, 1.165) is 24.2 Å². The predicted molar refractivity (Wildman–Crippen MR) is 79.1 cm³/mol. The van der Waals surface area contributed by atoms with Gasteiger partial charge >= 0.3 is 0 Å². The van der Waals surface area contributed by atoms with Crippen LogP contribution in [0.2, 0.25) is 0 Å². The summed E-state index contributed by atoms with van der Waals surface area (Å²) in [4.78, 5) is 0. The van der Waals surface area contributed by atoms with Gasteiger partial charge < -0.3 is 9.84 Å². The minimum atomic E-state index is -0.919. The van der Waals surface area contributed by atoms with Crippen molar-refractivity contribution in [2.75, 3.05) is 6.61 Å². The highest BCUT2D eigenvalue weighted by Gasteiger charge is 2.39. The van der Waals surface area contributed by atoms with Gasteiger partial charge in [0, 0.05) is 12.8 Å². The summed E-state index contributed by atoms with van der Waals surface area (Å²) in [5, 5.41) is 19.2. The fraction of sp³-hybridized carbons (Fsp3) is 0.500. The second-order valence-electron chi connectivity index (χ2n) is 5.63. The number of rotatable bonds is 4. The molecular formula is C16H21N3O2. The van der Waals surface area contributed by atoms with E-state index < -0.39 is 5.60 Å². The molecule has 21 heavy (non-hydrogen) atoms. The second kappa shape index (κ2) is 5.95. The van der Waals surface area contributed by atoms with Crippen molar-refractivity contribution in [1.82, 2.24) is 15.0 Å². The molecule has 1 aromatic heterocycles. The largest absolute Gasteiger partial charge is 0.383 e. The molecule has 2 aromatic rings. The normalized spacial score (nSPS) is 25.9. The minimum absolute atomic E-state index is 0.105. The van der Waals surface area contributed by atoms with Crippen molar-refractivity contribution in [2.45, 2.75) is 44.3 Å². The number of ether oxygens (including phenoxy) is 1. The molecule has 0 amide bonds. The van der Waals surface area contributed by atoms with Gasteiger partial charge in [0.2, 0.25) is 0 Å². The molecule has 0 radical (unpaired) electrons. The van der Waals surface area contributed by atoms with Gasteiger partial charge in [-0.3, -0.25) is 0 Å². The van der Waals surface area contributed by atoms with E-state index in [0.29, 0.717) is 19.4 Å². The van der Waals surface area contributed by atoms with Crippen molar-refractivity contribution < 1.29 is 9.84 Å². The molecule has 112 valence electrons. The van der Waals surface area contributed by atoms with Crippen molar-refractivity contribution in [2.24, 2.45) is 0 Å². The summed E-state index contributed by atoms with van der Waals surface area (Å²) in [6.45, 7) is 2.70. The Morgan fingerprint density at radius 1 is 1.38 bits per heavy atom. The Kier molecular flexibility index (Phi) is 4.03. The Hall–Kier alpha value is -1.72. The van der Waals surface area contributed by atoms with Gasteiger partial charge in [0.05, 0.1) is 30.3 Å². The summed E-state index contributed by atoms with van der Waals surface area (Å²) in [5.74, 6) is 0. The van der Waals surface area contributed by atoms with Gasteiger partial charge in [-0.1, -0.05) is 36.8 Å². The van der Waals surface area contributed by atoms with Gasteiger partial charge in [0.15, 0.2) is 0 Å². The monoisotopic (exact) mass is 287 g/mol. The molecule has 0 spiro atoms. The van der Waals surface area contributed by atoms with E-state index in [9.17, 15) is 5.11 Å². The van der Waals surface area contributed by atoms with Crippen LogP contribution in [0.15, 0.2) is 36.5 Å². The maximum atomic E-state index is 11.1. The Morgan fingerprint density at radius 2 is 2.19 bits per heavy atom. The van der Waals surface area contributed by atoms with Crippen LogP contribution in [0.5, 0.6) is 0 Å². The van der Waals surface area contributed by atoms with Crippen LogP contribution in [-0.4, -0.2) is 32.8 Å². The van der Waals surface area contributed by atoms with E-state index in [-0.39, 0.29) is 6.10 Å². The number of benzene rings is 1. The van der Waals surface area contributed by atoms with E-state index in [1.165, 1.54) is 0 Å². The van der Waals surface area contributed by atoms with E-state index >= 15 is 0 Å². The van der Waals surface area contributed by atoms with Crippen molar-refractivity contribution >= 4 is 0 Å². The van der Waals surface area contributed by atoms with Gasteiger partial charge in [0.1, 0.15) is 5.60 Å². The van der Waals surface area contributed by atoms with Gasteiger partial charge in [0.25, 0.3) is 0 Å². The molecule has 2 heterocycles. The summed E-state index contributed by atoms with van der Waals surface area (Å²) < 4.78 is 7.48. The Labute approximate surface area is 124 Å². The van der Waals surface area contributed by atoms with Gasteiger partial charge in [-0.25, -0.2) is 4.68 Å². The summed E-state index contributed by atoms with van der Waals surface area (Å²) in [5.41, 5.74) is 0.743. The summed E-state index contributed by atoms with van der Waals surface area (Å²) in [6.07, 6.45) is 4.97. The maximum absolute atomic E-state index is 11.1. The first-order valence-corrected chi connectivity index (χ1v) is 7.53. The standard InChI is InChI=1S/C16H21N3O2/c1-2-6-14-11-16(20,9-10-21-14)15-12-17-18-19(15)13-7-4-3-5-8-13/h3-5,7-8,12,14,20H,2,6,9-11H2,1H3. The zero-order valence-electron chi connectivity index (χ0n) is 12.3. The van der Waals surface area contributed by atoms with Crippen LogP contribution in [-0.2, 0) is 10.3 Å². The number of hydrogen-bond acceptors (Lipinski definition) is 4. The molecule has 2 atom stereocenters. The zero-order chi connectivity index (χ0) is 14.7. The van der Waals surface area contributed by atoms with E-state index in [2.05, 4.69) is 17.2 Å². The third-order valence-electron chi connectivity index (χ3n) is 4.07. The molecule has 5 nitrogen and oxygen atoms in total. The molecule has 1 N–H and O–H groups in total. The average molecular weight is 287 g/mol. The molecule has 5 heteroatoms. The van der Waals surface area contributed by atoms with Crippen LogP contribution in [0.3, 0.4) is 0 Å². The molecule has 0 aliphatic carbocycles. The number of aromatic nitrogens is 3. The lowest BCUT2D eigenvalue weighted by Gasteiger charge is -2.36. The highest BCUT2D eigenvalue weighted by molar-refractivity contribution is 5.33. The SMILES string of the molecule is CCCC1CC(O)(c2cnnn2-c2ccccc2)CCO1. The fourth-order valence-electron chi connectivity index (χ4n) is 2.98. The third-order valence-corrected chi connectivity index (χ3v) is 4.07. The third kappa shape index (κ3) is 2.84. The summed E-state index contributed by atoms with van der Waals surface area (Å²) in [6, 6.07) is 9.79. The summed E-state index contributed by atoms with van der Waals surface area (Å²) >= 11 is 0. The lowest BCUT2D eigenvalue weighted by atomic mass is 9.86. The van der Waals surface area contributed by atoms with Crippen LogP contribution in [0, 0.1) is 0 Å². The smallest absolute Gasteiger partial charge is 0.113 e. The zero-order valence-corrected chi connectivity index (χ0v) is 12.3. The molecule has 1 fully saturated rings. The van der Waals surface area contributed by atoms with Crippen molar-refractivity contribution in [3.8, 4) is 5.69 Å². The fourth-order valence-corrected chi connectivity index (χ4v) is 2.98. The molecular weight excluding hydrogens is 266 g/mol. The molecule has 2 unspecified atom stereocenters. The average Bonchev–Trinajstić information content (AvgIpc) is 2.99. The van der Waals surface area contributed by atoms with E-state index in [1.807, 2.05) is 30.3 Å². The molecule has 3 rings (SSSR count). The Balaban J connectivity index is 1.91. The van der Waals surface area contributed by atoms with Crippen LogP contribution < -0.4 is 0 Å². The van der Waals surface area contributed by atoms with E-state index in [4.69, 9.17) is 4.74 Å². The number of para-hydroxylation sites is 1. The van der Waals surface area contributed by atoms with Gasteiger partial charge in [-0.2, -0.15) is 0 Å². The first kappa shape index (κ1) is 14.2. The molecule has 0 bridgehead atoms. The molecule has 1 aromatic carbocycles. The lowest BCUT2D eigenvalue weighted by molar-refractivity contribution is -0.113. The molecule has 1 aliphatic rings. The predicted octanol–water partition coefficient (Wildman–Crippen LogP) is 2.43. The van der Waals surface area contributed by atoms with Crippen LogP contribution >= 0.6 is 0 Å². The highest BCUT2D eigenvalue weighted by Crippen LogP contribution is 2.36. The highest BCUT2D eigenvalue weighted by atomic mass is 16.5. The Morgan fingerprint density at radius 3 is 2.95 bits per heavy atom. The second-order valence-corrected chi connectivity index (χ2v) is 5.63.